The topological polar surface area (TPSA) is 127 Å². The zero-order valence-electron chi connectivity index (χ0n) is 20.5. The Morgan fingerprint density at radius 2 is 1.97 bits per heavy atom. The number of amides is 1. The predicted octanol–water partition coefficient (Wildman–Crippen LogP) is 3.58. The molecule has 12 heteroatoms. The van der Waals surface area contributed by atoms with Gasteiger partial charge in [-0.05, 0) is 63.0 Å². The van der Waals surface area contributed by atoms with Crippen molar-refractivity contribution in [2.24, 2.45) is 11.7 Å². The number of halogens is 3. The van der Waals surface area contributed by atoms with Gasteiger partial charge in [-0.3, -0.25) is 14.8 Å². The lowest BCUT2D eigenvalue weighted by molar-refractivity contribution is -0.177. The van der Waals surface area contributed by atoms with Crippen molar-refractivity contribution in [2.45, 2.75) is 37.4 Å². The number of nitrogen functional groups attached to an aromatic ring is 1. The standard InChI is InChI=1S/C25H30F3N7O2/c1-34-6-3-14(4-7-34)15-8-20-22(32-10-15)21(23(30)37-20)24(36)33-18-11-31-5-2-19(18)35-12-16(25(26,27)28)9-17(29)13-35/h2,5,8,10-11,14,16-17H,3-4,6-7,9,12-13,29-30H2,1H3,(H,33,36)/t16-,17+/m1/s1. The smallest absolute Gasteiger partial charge is 0.393 e. The van der Waals surface area contributed by atoms with Gasteiger partial charge < -0.3 is 31.0 Å². The van der Waals surface area contributed by atoms with Gasteiger partial charge in [0.05, 0.1) is 23.5 Å². The van der Waals surface area contributed by atoms with Crippen LogP contribution >= 0.6 is 0 Å². The number of aromatic nitrogens is 2. The van der Waals surface area contributed by atoms with E-state index in [2.05, 4.69) is 27.2 Å². The molecule has 0 bridgehead atoms. The molecule has 2 aliphatic heterocycles. The molecule has 0 unspecified atom stereocenters. The van der Waals surface area contributed by atoms with E-state index in [4.69, 9.17) is 15.9 Å². The maximum Gasteiger partial charge on any atom is 0.393 e. The number of hydrogen-bond acceptors (Lipinski definition) is 8. The summed E-state index contributed by atoms with van der Waals surface area (Å²) < 4.78 is 46.1. The van der Waals surface area contributed by atoms with Crippen LogP contribution in [0.3, 0.4) is 0 Å². The first-order valence-corrected chi connectivity index (χ1v) is 12.3. The summed E-state index contributed by atoms with van der Waals surface area (Å²) in [5, 5.41) is 2.74. The number of hydrogen-bond donors (Lipinski definition) is 3. The molecular formula is C25H30F3N7O2. The number of fused-ring (bicyclic) bond motifs is 1. The highest BCUT2D eigenvalue weighted by atomic mass is 19.4. The van der Waals surface area contributed by atoms with Gasteiger partial charge in [-0.25, -0.2) is 0 Å². The number of carbonyl (C=O) groups is 1. The molecule has 0 radical (unpaired) electrons. The minimum atomic E-state index is -4.37. The third-order valence-corrected chi connectivity index (χ3v) is 7.33. The molecule has 0 saturated carbocycles. The summed E-state index contributed by atoms with van der Waals surface area (Å²) >= 11 is 0. The lowest BCUT2D eigenvalue weighted by Crippen LogP contribution is -2.51. The molecule has 198 valence electrons. The third-order valence-electron chi connectivity index (χ3n) is 7.33. The first kappa shape index (κ1) is 25.3. The largest absolute Gasteiger partial charge is 0.438 e. The van der Waals surface area contributed by atoms with Crippen molar-refractivity contribution in [1.29, 1.82) is 0 Å². The van der Waals surface area contributed by atoms with Crippen molar-refractivity contribution in [3.8, 4) is 0 Å². The van der Waals surface area contributed by atoms with E-state index >= 15 is 0 Å². The Hall–Kier alpha value is -3.38. The van der Waals surface area contributed by atoms with Gasteiger partial charge in [-0.2, -0.15) is 13.2 Å². The number of likely N-dealkylation sites (tertiary alicyclic amines) is 1. The van der Waals surface area contributed by atoms with Crippen LogP contribution in [0.2, 0.25) is 0 Å². The van der Waals surface area contributed by atoms with E-state index in [9.17, 15) is 18.0 Å². The number of nitrogens with two attached hydrogens (primary N) is 2. The van der Waals surface area contributed by atoms with Crippen LogP contribution in [0.25, 0.3) is 11.1 Å². The molecule has 2 aliphatic rings. The molecule has 5 N–H and O–H groups in total. The van der Waals surface area contributed by atoms with Crippen LogP contribution in [-0.2, 0) is 0 Å². The lowest BCUT2D eigenvalue weighted by atomic mass is 9.90. The molecule has 1 amide bonds. The van der Waals surface area contributed by atoms with Crippen LogP contribution in [0, 0.1) is 5.92 Å². The van der Waals surface area contributed by atoms with E-state index in [0.29, 0.717) is 22.7 Å². The van der Waals surface area contributed by atoms with Crippen molar-refractivity contribution in [3.05, 3.63) is 41.9 Å². The van der Waals surface area contributed by atoms with E-state index in [1.54, 1.807) is 12.3 Å². The van der Waals surface area contributed by atoms with E-state index in [-0.39, 0.29) is 36.6 Å². The van der Waals surface area contributed by atoms with E-state index in [1.807, 2.05) is 6.07 Å². The number of pyridine rings is 2. The Morgan fingerprint density at radius 1 is 1.22 bits per heavy atom. The minimum absolute atomic E-state index is 0.0724. The molecule has 2 atom stereocenters. The van der Waals surface area contributed by atoms with Crippen molar-refractivity contribution in [2.75, 3.05) is 49.2 Å². The average molecular weight is 518 g/mol. The van der Waals surface area contributed by atoms with Crippen LogP contribution < -0.4 is 21.7 Å². The van der Waals surface area contributed by atoms with Crippen molar-refractivity contribution < 1.29 is 22.4 Å². The van der Waals surface area contributed by atoms with Crippen molar-refractivity contribution >= 4 is 34.3 Å². The van der Waals surface area contributed by atoms with Crippen LogP contribution in [0.15, 0.2) is 35.1 Å². The zero-order chi connectivity index (χ0) is 26.3. The summed E-state index contributed by atoms with van der Waals surface area (Å²) in [6.45, 7) is 1.95. The summed E-state index contributed by atoms with van der Waals surface area (Å²) in [4.78, 5) is 25.7. The number of nitrogens with zero attached hydrogens (tertiary/aromatic N) is 4. The van der Waals surface area contributed by atoms with Gasteiger partial charge in [-0.1, -0.05) is 0 Å². The second-order valence-corrected chi connectivity index (χ2v) is 10.0. The highest BCUT2D eigenvalue weighted by Crippen LogP contribution is 2.37. The first-order valence-electron chi connectivity index (χ1n) is 12.3. The van der Waals surface area contributed by atoms with Gasteiger partial charge in [0.1, 0.15) is 11.1 Å². The minimum Gasteiger partial charge on any atom is -0.438 e. The second kappa shape index (κ2) is 9.82. The monoisotopic (exact) mass is 517 g/mol. The number of nitrogens with one attached hydrogen (secondary N) is 1. The summed E-state index contributed by atoms with van der Waals surface area (Å²) in [6, 6.07) is 2.78. The molecule has 0 aromatic carbocycles. The Bertz CT molecular complexity index is 1290. The summed E-state index contributed by atoms with van der Waals surface area (Å²) in [7, 11) is 2.09. The normalized spacial score (nSPS) is 21.9. The zero-order valence-corrected chi connectivity index (χ0v) is 20.5. The number of piperidine rings is 2. The fourth-order valence-corrected chi connectivity index (χ4v) is 5.31. The number of furan rings is 1. The van der Waals surface area contributed by atoms with Crippen LogP contribution in [0.4, 0.5) is 30.4 Å². The van der Waals surface area contributed by atoms with Gasteiger partial charge in [0, 0.05) is 31.5 Å². The Kier molecular flexibility index (Phi) is 6.71. The predicted molar refractivity (Wildman–Crippen MR) is 134 cm³/mol. The second-order valence-electron chi connectivity index (χ2n) is 10.0. The average Bonchev–Trinajstić information content (AvgIpc) is 3.19. The maximum atomic E-state index is 13.5. The molecule has 0 aliphatic carbocycles. The van der Waals surface area contributed by atoms with Crippen molar-refractivity contribution in [1.82, 2.24) is 14.9 Å². The van der Waals surface area contributed by atoms with Crippen LogP contribution in [-0.4, -0.2) is 66.2 Å². The highest BCUT2D eigenvalue weighted by molar-refractivity contribution is 6.15. The molecule has 3 aromatic heterocycles. The molecule has 5 heterocycles. The summed E-state index contributed by atoms with van der Waals surface area (Å²) in [6.07, 6.45) is 2.11. The van der Waals surface area contributed by atoms with Crippen molar-refractivity contribution in [3.63, 3.8) is 0 Å². The molecule has 2 fully saturated rings. The Labute approximate surface area is 212 Å². The number of anilines is 3. The van der Waals surface area contributed by atoms with Gasteiger partial charge in [0.2, 0.25) is 5.88 Å². The fourth-order valence-electron chi connectivity index (χ4n) is 5.31. The van der Waals surface area contributed by atoms with E-state index in [0.717, 1.165) is 31.5 Å². The quantitative estimate of drug-likeness (QED) is 0.479. The Morgan fingerprint density at radius 3 is 2.70 bits per heavy atom. The number of carbonyl (C=O) groups excluding carboxylic acids is 1. The SMILES string of the molecule is CN1CCC(c2cnc3c(C(=O)Nc4cnccc4N4C[C@@H](N)C[C@@H](C(F)(F)F)C4)c(N)oc3c2)CC1. The van der Waals surface area contributed by atoms with Gasteiger partial charge in [-0.15, -0.1) is 0 Å². The number of alkyl halides is 3. The maximum absolute atomic E-state index is 13.5. The van der Waals surface area contributed by atoms with E-state index in [1.165, 1.54) is 17.3 Å². The number of rotatable bonds is 4. The van der Waals surface area contributed by atoms with Gasteiger partial charge >= 0.3 is 6.18 Å². The third kappa shape index (κ3) is 5.21. The first-order chi connectivity index (χ1) is 17.6. The lowest BCUT2D eigenvalue weighted by Gasteiger charge is -2.39. The molecule has 3 aromatic rings. The fraction of sp³-hybridized carbons (Fsp3) is 0.480. The molecule has 0 spiro atoms. The van der Waals surface area contributed by atoms with Crippen LogP contribution in [0.1, 0.15) is 41.1 Å². The molecular weight excluding hydrogens is 487 g/mol. The summed E-state index contributed by atoms with van der Waals surface area (Å²) in [5.74, 6) is -1.88. The molecule has 9 nitrogen and oxygen atoms in total. The summed E-state index contributed by atoms with van der Waals surface area (Å²) in [5.41, 5.74) is 14.5. The Balaban J connectivity index is 1.39. The molecule has 5 rings (SSSR count). The van der Waals surface area contributed by atoms with E-state index < -0.39 is 24.0 Å². The highest BCUT2D eigenvalue weighted by Gasteiger charge is 2.44. The van der Waals surface area contributed by atoms with Crippen LogP contribution in [0.5, 0.6) is 0 Å². The van der Waals surface area contributed by atoms with Gasteiger partial charge in [0.15, 0.2) is 5.58 Å². The molecule has 2 saturated heterocycles. The molecule has 37 heavy (non-hydrogen) atoms. The van der Waals surface area contributed by atoms with Gasteiger partial charge in [0.25, 0.3) is 5.91 Å².